The summed E-state index contributed by atoms with van der Waals surface area (Å²) < 4.78 is 26.7. The van der Waals surface area contributed by atoms with E-state index in [0.717, 1.165) is 42.6 Å². The normalized spacial score (nSPS) is 10.6. The van der Waals surface area contributed by atoms with Crippen LogP contribution in [0.3, 0.4) is 0 Å². The Morgan fingerprint density at radius 1 is 1.38 bits per heavy atom. The summed E-state index contributed by atoms with van der Waals surface area (Å²) in [6.45, 7) is 2.02. The Morgan fingerprint density at radius 2 is 2.10 bits per heavy atom. The van der Waals surface area contributed by atoms with Gasteiger partial charge in [0.05, 0.1) is 5.75 Å². The number of H-pyrrole nitrogens is 1. The third-order valence-corrected chi connectivity index (χ3v) is 3.40. The van der Waals surface area contributed by atoms with E-state index in [1.54, 1.807) is 0 Å². The van der Waals surface area contributed by atoms with Gasteiger partial charge in [0.1, 0.15) is 23.1 Å². The molecule has 0 bridgehead atoms. The molecule has 1 aromatic heterocycles. The van der Waals surface area contributed by atoms with Crippen LogP contribution < -0.4 is 5.32 Å². The van der Waals surface area contributed by atoms with E-state index in [2.05, 4.69) is 20.5 Å². The molecule has 1 heterocycles. The molecule has 0 aliphatic rings. The summed E-state index contributed by atoms with van der Waals surface area (Å²) in [4.78, 5) is 15.9. The number of carbonyl (C=O) groups is 1. The van der Waals surface area contributed by atoms with Gasteiger partial charge in [-0.3, -0.25) is 9.89 Å². The lowest BCUT2D eigenvalue weighted by Gasteiger charge is -2.06. The van der Waals surface area contributed by atoms with Crippen LogP contribution in [0.5, 0.6) is 0 Å². The van der Waals surface area contributed by atoms with Crippen LogP contribution in [0, 0.1) is 11.6 Å². The van der Waals surface area contributed by atoms with Crippen LogP contribution in [0.15, 0.2) is 23.4 Å². The van der Waals surface area contributed by atoms with E-state index in [0.29, 0.717) is 5.16 Å². The van der Waals surface area contributed by atoms with Crippen LogP contribution in [0.25, 0.3) is 0 Å². The lowest BCUT2D eigenvalue weighted by Crippen LogP contribution is -2.16. The fourth-order valence-corrected chi connectivity index (χ4v) is 2.23. The Bertz CT molecular complexity index is 612. The maximum absolute atomic E-state index is 13.4. The lowest BCUT2D eigenvalue weighted by atomic mass is 10.3. The van der Waals surface area contributed by atoms with Gasteiger partial charge in [0.15, 0.2) is 0 Å². The number of benzene rings is 1. The van der Waals surface area contributed by atoms with Crippen LogP contribution in [0.4, 0.5) is 14.5 Å². The molecular formula is C13H14F2N4OS. The first kappa shape index (κ1) is 15.4. The molecule has 0 fully saturated rings. The molecule has 2 N–H and O–H groups in total. The van der Waals surface area contributed by atoms with E-state index in [1.165, 1.54) is 6.07 Å². The fraction of sp³-hybridized carbons (Fsp3) is 0.308. The van der Waals surface area contributed by atoms with Gasteiger partial charge in [0, 0.05) is 6.42 Å². The number of aromatic nitrogens is 3. The molecule has 21 heavy (non-hydrogen) atoms. The molecule has 2 aromatic rings. The number of aromatic amines is 1. The van der Waals surface area contributed by atoms with Crippen LogP contribution in [0.2, 0.25) is 0 Å². The third kappa shape index (κ3) is 4.25. The van der Waals surface area contributed by atoms with Crippen molar-refractivity contribution in [3.05, 3.63) is 35.7 Å². The molecule has 0 atom stereocenters. The molecule has 0 saturated heterocycles. The molecule has 2 rings (SSSR count). The second kappa shape index (κ2) is 7.16. The number of para-hydroxylation sites is 1. The zero-order valence-corrected chi connectivity index (χ0v) is 12.1. The van der Waals surface area contributed by atoms with Gasteiger partial charge >= 0.3 is 0 Å². The van der Waals surface area contributed by atoms with Crippen molar-refractivity contribution in [1.29, 1.82) is 0 Å². The molecule has 112 valence electrons. The predicted octanol–water partition coefficient (Wildman–Crippen LogP) is 2.77. The number of nitrogens with zero attached hydrogens (tertiary/aromatic N) is 2. The Hall–Kier alpha value is -1.96. The number of hydrogen-bond donors (Lipinski definition) is 2. The molecule has 5 nitrogen and oxygen atoms in total. The zero-order valence-electron chi connectivity index (χ0n) is 11.3. The molecule has 0 radical (unpaired) electrons. The summed E-state index contributed by atoms with van der Waals surface area (Å²) in [6.07, 6.45) is 1.71. The highest BCUT2D eigenvalue weighted by Gasteiger charge is 2.13. The number of halogens is 2. The molecule has 1 amide bonds. The first-order valence-electron chi connectivity index (χ1n) is 6.38. The first-order valence-corrected chi connectivity index (χ1v) is 7.36. The maximum Gasteiger partial charge on any atom is 0.235 e. The highest BCUT2D eigenvalue weighted by Crippen LogP contribution is 2.19. The lowest BCUT2D eigenvalue weighted by molar-refractivity contribution is -0.113. The van der Waals surface area contributed by atoms with Crippen molar-refractivity contribution in [1.82, 2.24) is 15.2 Å². The van der Waals surface area contributed by atoms with E-state index >= 15 is 0 Å². The first-order chi connectivity index (χ1) is 10.1. The van der Waals surface area contributed by atoms with Crippen LogP contribution >= 0.6 is 11.8 Å². The molecule has 1 aromatic carbocycles. The minimum Gasteiger partial charge on any atom is -0.320 e. The van der Waals surface area contributed by atoms with Crippen molar-refractivity contribution in [2.45, 2.75) is 24.9 Å². The number of thioether (sulfide) groups is 1. The van der Waals surface area contributed by atoms with Gasteiger partial charge in [-0.2, -0.15) is 0 Å². The molecule has 0 aliphatic carbocycles. The Kier molecular flexibility index (Phi) is 5.26. The van der Waals surface area contributed by atoms with Gasteiger partial charge in [0.25, 0.3) is 0 Å². The number of rotatable bonds is 6. The monoisotopic (exact) mass is 312 g/mol. The average molecular weight is 312 g/mol. The topological polar surface area (TPSA) is 70.7 Å². The fourth-order valence-electron chi connectivity index (χ4n) is 1.61. The molecule has 0 spiro atoms. The number of anilines is 1. The average Bonchev–Trinajstić information content (AvgIpc) is 2.89. The highest BCUT2D eigenvalue weighted by molar-refractivity contribution is 7.99. The van der Waals surface area contributed by atoms with Crippen molar-refractivity contribution in [2.24, 2.45) is 0 Å². The quantitative estimate of drug-likeness (QED) is 0.805. The third-order valence-electron chi connectivity index (χ3n) is 2.56. The molecule has 0 saturated carbocycles. The minimum absolute atomic E-state index is 0.0306. The van der Waals surface area contributed by atoms with Gasteiger partial charge in [-0.05, 0) is 18.6 Å². The zero-order chi connectivity index (χ0) is 15.2. The number of aryl methyl sites for hydroxylation is 1. The summed E-state index contributed by atoms with van der Waals surface area (Å²) in [5, 5.41) is 9.35. The van der Waals surface area contributed by atoms with E-state index in [1.807, 2.05) is 6.92 Å². The molecule has 0 aliphatic heterocycles. The smallest absolute Gasteiger partial charge is 0.235 e. The van der Waals surface area contributed by atoms with Crippen LogP contribution in [-0.4, -0.2) is 26.8 Å². The Balaban J connectivity index is 1.90. The second-order valence-corrected chi connectivity index (χ2v) is 5.19. The van der Waals surface area contributed by atoms with E-state index in [4.69, 9.17) is 0 Å². The summed E-state index contributed by atoms with van der Waals surface area (Å²) >= 11 is 1.10. The van der Waals surface area contributed by atoms with Crippen LogP contribution in [0.1, 0.15) is 19.2 Å². The van der Waals surface area contributed by atoms with E-state index < -0.39 is 23.2 Å². The number of carbonyl (C=O) groups excluding carboxylic acids is 1. The van der Waals surface area contributed by atoms with Crippen molar-refractivity contribution >= 4 is 23.4 Å². The largest absolute Gasteiger partial charge is 0.320 e. The van der Waals surface area contributed by atoms with Gasteiger partial charge in [-0.1, -0.05) is 24.8 Å². The van der Waals surface area contributed by atoms with Crippen molar-refractivity contribution < 1.29 is 13.6 Å². The maximum atomic E-state index is 13.4. The standard InChI is InChI=1S/C13H14F2N4OS/c1-2-4-10-16-13(19-18-10)21-7-11(20)17-12-8(14)5-3-6-9(12)15/h3,5-6H,2,4,7H2,1H3,(H,17,20)(H,16,18,19). The SMILES string of the molecule is CCCc1nc(SCC(=O)Nc2c(F)cccc2F)n[nH]1. The van der Waals surface area contributed by atoms with Gasteiger partial charge in [-0.25, -0.2) is 13.8 Å². The molecule has 8 heteroatoms. The summed E-state index contributed by atoms with van der Waals surface area (Å²) in [5.74, 6) is -1.42. The summed E-state index contributed by atoms with van der Waals surface area (Å²) in [6, 6.07) is 3.40. The van der Waals surface area contributed by atoms with Crippen molar-refractivity contribution in [3.8, 4) is 0 Å². The Morgan fingerprint density at radius 3 is 2.76 bits per heavy atom. The summed E-state index contributed by atoms with van der Waals surface area (Å²) in [7, 11) is 0. The van der Waals surface area contributed by atoms with Gasteiger partial charge < -0.3 is 5.32 Å². The minimum atomic E-state index is -0.809. The van der Waals surface area contributed by atoms with Crippen LogP contribution in [-0.2, 0) is 11.2 Å². The predicted molar refractivity (Wildman–Crippen MR) is 76.1 cm³/mol. The van der Waals surface area contributed by atoms with Gasteiger partial charge in [-0.15, -0.1) is 5.10 Å². The van der Waals surface area contributed by atoms with Crippen molar-refractivity contribution in [3.63, 3.8) is 0 Å². The van der Waals surface area contributed by atoms with E-state index in [9.17, 15) is 13.6 Å². The molecule has 0 unspecified atom stereocenters. The van der Waals surface area contributed by atoms with Gasteiger partial charge in [0.2, 0.25) is 11.1 Å². The number of hydrogen-bond acceptors (Lipinski definition) is 4. The number of nitrogens with one attached hydrogen (secondary N) is 2. The van der Waals surface area contributed by atoms with E-state index in [-0.39, 0.29) is 5.75 Å². The molecular weight excluding hydrogens is 298 g/mol. The van der Waals surface area contributed by atoms with Crippen molar-refractivity contribution in [2.75, 3.05) is 11.1 Å². The number of amides is 1. The second-order valence-electron chi connectivity index (χ2n) is 4.25. The summed E-state index contributed by atoms with van der Waals surface area (Å²) in [5.41, 5.74) is -0.440. The Labute approximate surface area is 124 Å². The highest BCUT2D eigenvalue weighted by atomic mass is 32.2.